The zero-order valence-corrected chi connectivity index (χ0v) is 4.70. The molecule has 0 aromatic carbocycles. The normalized spacial score (nSPS) is 17.3. The molecule has 0 radical (unpaired) electrons. The van der Waals surface area contributed by atoms with E-state index >= 15 is 0 Å². The molecular formula is C6H5NO2. The van der Waals surface area contributed by atoms with E-state index < -0.39 is 0 Å². The molecule has 0 aromatic heterocycles. The highest BCUT2D eigenvalue weighted by molar-refractivity contribution is 6.08. The monoisotopic (exact) mass is 123 g/mol. The van der Waals surface area contributed by atoms with Crippen LogP contribution in [0.2, 0.25) is 0 Å². The van der Waals surface area contributed by atoms with Crippen LogP contribution in [0.3, 0.4) is 0 Å². The van der Waals surface area contributed by atoms with Crippen molar-refractivity contribution in [1.29, 1.82) is 0 Å². The molecule has 1 aliphatic heterocycles. The van der Waals surface area contributed by atoms with Crippen molar-refractivity contribution in [3.8, 4) is 0 Å². The summed E-state index contributed by atoms with van der Waals surface area (Å²) in [5.74, 6) is -0.194. The molecule has 0 N–H and O–H groups in total. The minimum absolute atomic E-state index is 0.194. The smallest absolute Gasteiger partial charge is 0.249 e. The van der Waals surface area contributed by atoms with E-state index in [1.807, 2.05) is 0 Å². The summed E-state index contributed by atoms with van der Waals surface area (Å²) in [5.41, 5.74) is 0.481. The first-order valence-corrected chi connectivity index (χ1v) is 2.55. The van der Waals surface area contributed by atoms with E-state index in [0.29, 0.717) is 11.9 Å². The molecule has 0 spiro atoms. The highest BCUT2D eigenvalue weighted by Gasteiger charge is 2.01. The van der Waals surface area contributed by atoms with Crippen molar-refractivity contribution < 1.29 is 9.59 Å². The minimum Gasteiger partial charge on any atom is -0.298 e. The van der Waals surface area contributed by atoms with Crippen LogP contribution in [0.4, 0.5) is 0 Å². The van der Waals surface area contributed by atoms with Gasteiger partial charge in [0.2, 0.25) is 5.91 Å². The zero-order valence-electron chi connectivity index (χ0n) is 4.70. The van der Waals surface area contributed by atoms with Gasteiger partial charge in [-0.25, -0.2) is 4.99 Å². The third-order valence-electron chi connectivity index (χ3n) is 1.01. The van der Waals surface area contributed by atoms with Crippen molar-refractivity contribution in [2.24, 2.45) is 4.99 Å². The van der Waals surface area contributed by atoms with Crippen LogP contribution in [0.25, 0.3) is 0 Å². The quantitative estimate of drug-likeness (QED) is 0.464. The van der Waals surface area contributed by atoms with Crippen molar-refractivity contribution in [1.82, 2.24) is 0 Å². The van der Waals surface area contributed by atoms with Crippen LogP contribution in [-0.2, 0) is 9.59 Å². The Kier molecular flexibility index (Phi) is 1.53. The number of rotatable bonds is 1. The molecular weight excluding hydrogens is 118 g/mol. The molecule has 46 valence electrons. The first-order chi connectivity index (χ1) is 4.33. The molecule has 0 bridgehead atoms. The molecule has 1 amide bonds. The van der Waals surface area contributed by atoms with Gasteiger partial charge in [-0.05, 0) is 0 Å². The summed E-state index contributed by atoms with van der Waals surface area (Å²) in [5, 5.41) is 0. The SMILES string of the molecule is O=CC1=CCC(=O)N=C1. The van der Waals surface area contributed by atoms with Crippen LogP contribution >= 0.6 is 0 Å². The summed E-state index contributed by atoms with van der Waals surface area (Å²) in [6.45, 7) is 0. The maximum Gasteiger partial charge on any atom is 0.249 e. The predicted molar refractivity (Wildman–Crippen MR) is 32.3 cm³/mol. The second-order valence-corrected chi connectivity index (χ2v) is 1.68. The average molecular weight is 123 g/mol. The molecule has 0 aliphatic carbocycles. The number of nitrogens with zero attached hydrogens (tertiary/aromatic N) is 1. The summed E-state index contributed by atoms with van der Waals surface area (Å²) < 4.78 is 0. The van der Waals surface area contributed by atoms with Crippen LogP contribution < -0.4 is 0 Å². The molecule has 1 aliphatic rings. The molecule has 1 rings (SSSR count). The number of amides is 1. The molecule has 9 heavy (non-hydrogen) atoms. The molecule has 0 saturated heterocycles. The molecule has 3 nitrogen and oxygen atoms in total. The van der Waals surface area contributed by atoms with Gasteiger partial charge in [-0.1, -0.05) is 6.08 Å². The lowest BCUT2D eigenvalue weighted by Crippen LogP contribution is -2.00. The average Bonchev–Trinajstić information content (AvgIpc) is 1.90. The summed E-state index contributed by atoms with van der Waals surface area (Å²) in [4.78, 5) is 23.8. The van der Waals surface area contributed by atoms with Crippen molar-refractivity contribution in [3.63, 3.8) is 0 Å². The molecule has 3 heteroatoms. The Labute approximate surface area is 52.1 Å². The maximum absolute atomic E-state index is 10.4. The van der Waals surface area contributed by atoms with E-state index in [-0.39, 0.29) is 12.3 Å². The van der Waals surface area contributed by atoms with Crippen molar-refractivity contribution in [2.75, 3.05) is 0 Å². The summed E-state index contributed by atoms with van der Waals surface area (Å²) in [6, 6.07) is 0. The topological polar surface area (TPSA) is 46.5 Å². The molecule has 0 unspecified atom stereocenters. The first-order valence-electron chi connectivity index (χ1n) is 2.55. The zero-order chi connectivity index (χ0) is 6.69. The highest BCUT2D eigenvalue weighted by Crippen LogP contribution is 1.98. The number of hydrogen-bond donors (Lipinski definition) is 0. The Bertz CT molecular complexity index is 203. The van der Waals surface area contributed by atoms with Gasteiger partial charge in [-0.2, -0.15) is 0 Å². The predicted octanol–water partition coefficient (Wildman–Crippen LogP) is 0.113. The van der Waals surface area contributed by atoms with Crippen LogP contribution in [0.15, 0.2) is 16.6 Å². The lowest BCUT2D eigenvalue weighted by Gasteiger charge is -1.94. The Morgan fingerprint density at radius 3 is 2.89 bits per heavy atom. The lowest BCUT2D eigenvalue weighted by atomic mass is 10.2. The highest BCUT2D eigenvalue weighted by atomic mass is 16.1. The van der Waals surface area contributed by atoms with Gasteiger partial charge < -0.3 is 0 Å². The van der Waals surface area contributed by atoms with Gasteiger partial charge in [0.15, 0.2) is 6.29 Å². The van der Waals surface area contributed by atoms with Crippen molar-refractivity contribution in [2.45, 2.75) is 6.42 Å². The van der Waals surface area contributed by atoms with Gasteiger partial charge in [0, 0.05) is 18.2 Å². The number of carbonyl (C=O) groups excluding carboxylic acids is 2. The Hall–Kier alpha value is -1.25. The van der Waals surface area contributed by atoms with Gasteiger partial charge in [-0.3, -0.25) is 9.59 Å². The number of hydrogen-bond acceptors (Lipinski definition) is 2. The molecule has 1 heterocycles. The summed E-state index contributed by atoms with van der Waals surface area (Å²) in [7, 11) is 0. The fourth-order valence-corrected chi connectivity index (χ4v) is 0.536. The number of aldehydes is 1. The molecule has 0 saturated carbocycles. The number of allylic oxidation sites excluding steroid dienone is 1. The van der Waals surface area contributed by atoms with Gasteiger partial charge in [0.05, 0.1) is 0 Å². The number of dihydropyridines is 1. The Balaban J connectivity index is 2.73. The van der Waals surface area contributed by atoms with Crippen LogP contribution in [0.5, 0.6) is 0 Å². The van der Waals surface area contributed by atoms with E-state index in [9.17, 15) is 9.59 Å². The van der Waals surface area contributed by atoms with Gasteiger partial charge in [-0.15, -0.1) is 0 Å². The Morgan fingerprint density at radius 2 is 2.44 bits per heavy atom. The molecule has 0 aromatic rings. The van der Waals surface area contributed by atoms with E-state index in [1.165, 1.54) is 6.21 Å². The second-order valence-electron chi connectivity index (χ2n) is 1.68. The third-order valence-corrected chi connectivity index (χ3v) is 1.01. The molecule has 0 fully saturated rings. The fourth-order valence-electron chi connectivity index (χ4n) is 0.536. The molecule has 0 atom stereocenters. The number of carbonyl (C=O) groups is 2. The van der Waals surface area contributed by atoms with E-state index in [0.717, 1.165) is 0 Å². The minimum atomic E-state index is -0.194. The first kappa shape index (κ1) is 5.88. The van der Waals surface area contributed by atoms with Crippen LogP contribution in [0.1, 0.15) is 6.42 Å². The van der Waals surface area contributed by atoms with Gasteiger partial charge in [0.25, 0.3) is 0 Å². The lowest BCUT2D eigenvalue weighted by molar-refractivity contribution is -0.117. The second kappa shape index (κ2) is 2.35. The van der Waals surface area contributed by atoms with E-state index in [4.69, 9.17) is 0 Å². The van der Waals surface area contributed by atoms with Gasteiger partial charge in [0.1, 0.15) is 0 Å². The summed E-state index contributed by atoms with van der Waals surface area (Å²) in [6.07, 6.45) is 3.77. The fraction of sp³-hybridized carbons (Fsp3) is 0.167. The number of aliphatic imine (C=N–C) groups is 1. The van der Waals surface area contributed by atoms with E-state index in [2.05, 4.69) is 4.99 Å². The Morgan fingerprint density at radius 1 is 1.67 bits per heavy atom. The summed E-state index contributed by atoms with van der Waals surface area (Å²) >= 11 is 0. The van der Waals surface area contributed by atoms with Crippen molar-refractivity contribution >= 4 is 18.4 Å². The standard InChI is InChI=1S/C6H5NO2/c8-4-5-1-2-6(9)7-3-5/h1,3-4H,2H2. The maximum atomic E-state index is 10.4. The largest absolute Gasteiger partial charge is 0.298 e. The van der Waals surface area contributed by atoms with Crippen LogP contribution in [0, 0.1) is 0 Å². The van der Waals surface area contributed by atoms with Crippen LogP contribution in [-0.4, -0.2) is 18.4 Å². The van der Waals surface area contributed by atoms with Crippen molar-refractivity contribution in [3.05, 3.63) is 11.6 Å². The van der Waals surface area contributed by atoms with Gasteiger partial charge >= 0.3 is 0 Å². The third kappa shape index (κ3) is 1.32. The van der Waals surface area contributed by atoms with E-state index in [1.54, 1.807) is 6.08 Å².